The van der Waals surface area contributed by atoms with E-state index in [9.17, 15) is 17.9 Å². The Morgan fingerprint density at radius 1 is 1.35 bits per heavy atom. The number of hydrogen-bond acceptors (Lipinski definition) is 3. The van der Waals surface area contributed by atoms with E-state index in [1.807, 2.05) is 0 Å². The van der Waals surface area contributed by atoms with Gasteiger partial charge in [-0.3, -0.25) is 0 Å². The van der Waals surface area contributed by atoms with Gasteiger partial charge in [0, 0.05) is 12.6 Å². The summed E-state index contributed by atoms with van der Waals surface area (Å²) in [7, 11) is -3.67. The number of aliphatic hydroxyl groups is 1. The summed E-state index contributed by atoms with van der Waals surface area (Å²) in [6.45, 7) is 1.52. The summed E-state index contributed by atoms with van der Waals surface area (Å²) in [6.07, 6.45) is 3.52. The average Bonchev–Trinajstić information content (AvgIpc) is 2.42. The molecular formula is C14H20FNO3S. The lowest BCUT2D eigenvalue weighted by Crippen LogP contribution is -2.43. The van der Waals surface area contributed by atoms with E-state index in [-0.39, 0.29) is 23.5 Å². The smallest absolute Gasteiger partial charge is 0.240 e. The molecule has 1 aromatic carbocycles. The Bertz CT molecular complexity index is 574. The van der Waals surface area contributed by atoms with Crippen LogP contribution in [0.1, 0.15) is 31.2 Å². The molecule has 0 aromatic heterocycles. The second kappa shape index (κ2) is 6.20. The number of nitrogens with one attached hydrogen (secondary N) is 1. The van der Waals surface area contributed by atoms with E-state index in [0.717, 1.165) is 31.7 Å². The lowest BCUT2D eigenvalue weighted by atomic mass is 9.86. The topological polar surface area (TPSA) is 66.4 Å². The molecule has 6 heteroatoms. The molecule has 20 heavy (non-hydrogen) atoms. The van der Waals surface area contributed by atoms with Crippen LogP contribution in [0.4, 0.5) is 4.39 Å². The normalized spacial score (nSPS) is 23.8. The fraction of sp³-hybridized carbons (Fsp3) is 0.571. The van der Waals surface area contributed by atoms with Crippen LogP contribution in [0.3, 0.4) is 0 Å². The first-order valence-corrected chi connectivity index (χ1v) is 8.31. The van der Waals surface area contributed by atoms with Crippen molar-refractivity contribution in [2.75, 3.05) is 6.61 Å². The molecule has 1 aromatic rings. The van der Waals surface area contributed by atoms with Gasteiger partial charge in [0.25, 0.3) is 0 Å². The van der Waals surface area contributed by atoms with E-state index < -0.39 is 15.8 Å². The molecule has 2 atom stereocenters. The van der Waals surface area contributed by atoms with Crippen LogP contribution in [0.5, 0.6) is 0 Å². The van der Waals surface area contributed by atoms with Crippen molar-refractivity contribution in [2.24, 2.45) is 5.92 Å². The van der Waals surface area contributed by atoms with Gasteiger partial charge in [0.1, 0.15) is 5.82 Å². The van der Waals surface area contributed by atoms with Gasteiger partial charge in [-0.2, -0.15) is 0 Å². The Labute approximate surface area is 119 Å². The highest BCUT2D eigenvalue weighted by Gasteiger charge is 2.29. The van der Waals surface area contributed by atoms with Crippen molar-refractivity contribution in [3.8, 4) is 0 Å². The van der Waals surface area contributed by atoms with Crippen LogP contribution in [0.15, 0.2) is 23.1 Å². The minimum absolute atomic E-state index is 0.0182. The molecule has 0 bridgehead atoms. The maximum absolute atomic E-state index is 13.2. The predicted molar refractivity (Wildman–Crippen MR) is 74.3 cm³/mol. The first kappa shape index (κ1) is 15.4. The van der Waals surface area contributed by atoms with Gasteiger partial charge >= 0.3 is 0 Å². The van der Waals surface area contributed by atoms with Gasteiger partial charge in [-0.1, -0.05) is 12.8 Å². The molecule has 0 heterocycles. The van der Waals surface area contributed by atoms with Gasteiger partial charge < -0.3 is 5.11 Å². The molecule has 0 radical (unpaired) electrons. The number of aryl methyl sites for hydroxylation is 1. The molecule has 4 nitrogen and oxygen atoms in total. The highest BCUT2D eigenvalue weighted by Crippen LogP contribution is 2.25. The van der Waals surface area contributed by atoms with Gasteiger partial charge in [-0.15, -0.1) is 0 Å². The minimum Gasteiger partial charge on any atom is -0.396 e. The van der Waals surface area contributed by atoms with Gasteiger partial charge in [-0.25, -0.2) is 17.5 Å². The number of benzene rings is 1. The van der Waals surface area contributed by atoms with E-state index in [0.29, 0.717) is 5.56 Å². The standard InChI is InChI=1S/C14H20FNO3S/c1-10-8-12(6-7-13(10)15)20(18,19)16-14-5-3-2-4-11(14)9-17/h6-8,11,14,16-17H,2-5,9H2,1H3. The lowest BCUT2D eigenvalue weighted by Gasteiger charge is -2.30. The summed E-state index contributed by atoms with van der Waals surface area (Å²) >= 11 is 0. The Morgan fingerprint density at radius 3 is 2.70 bits per heavy atom. The molecule has 1 aliphatic carbocycles. The maximum atomic E-state index is 13.2. The molecule has 0 amide bonds. The van der Waals surface area contributed by atoms with E-state index in [2.05, 4.69) is 4.72 Å². The van der Waals surface area contributed by atoms with Gasteiger partial charge in [0.05, 0.1) is 4.90 Å². The molecule has 2 rings (SSSR count). The van der Waals surface area contributed by atoms with Crippen LogP contribution < -0.4 is 4.72 Å². The third-order valence-corrected chi connectivity index (χ3v) is 5.38. The van der Waals surface area contributed by atoms with Crippen LogP contribution in [0.25, 0.3) is 0 Å². The third kappa shape index (κ3) is 3.37. The number of sulfonamides is 1. The Hall–Kier alpha value is -0.980. The van der Waals surface area contributed by atoms with Crippen LogP contribution >= 0.6 is 0 Å². The van der Waals surface area contributed by atoms with E-state index in [1.165, 1.54) is 19.1 Å². The van der Waals surface area contributed by atoms with Crippen molar-refractivity contribution in [1.29, 1.82) is 0 Å². The van der Waals surface area contributed by atoms with E-state index >= 15 is 0 Å². The third-order valence-electron chi connectivity index (χ3n) is 3.89. The summed E-state index contributed by atoms with van der Waals surface area (Å²) in [5.74, 6) is -0.463. The van der Waals surface area contributed by atoms with Crippen LogP contribution in [0.2, 0.25) is 0 Å². The number of halogens is 1. The first-order chi connectivity index (χ1) is 9.44. The second-order valence-electron chi connectivity index (χ2n) is 5.37. The predicted octanol–water partition coefficient (Wildman–Crippen LogP) is 1.96. The number of rotatable bonds is 4. The van der Waals surface area contributed by atoms with Crippen molar-refractivity contribution in [1.82, 2.24) is 4.72 Å². The van der Waals surface area contributed by atoms with E-state index in [1.54, 1.807) is 0 Å². The van der Waals surface area contributed by atoms with Crippen molar-refractivity contribution in [2.45, 2.75) is 43.5 Å². The van der Waals surface area contributed by atoms with Crippen molar-refractivity contribution >= 4 is 10.0 Å². The fourth-order valence-electron chi connectivity index (χ4n) is 2.63. The zero-order valence-electron chi connectivity index (χ0n) is 11.5. The van der Waals surface area contributed by atoms with Gasteiger partial charge in [-0.05, 0) is 49.4 Å². The summed E-state index contributed by atoms with van der Waals surface area (Å²) in [5, 5.41) is 9.32. The lowest BCUT2D eigenvalue weighted by molar-refractivity contribution is 0.164. The highest BCUT2D eigenvalue weighted by molar-refractivity contribution is 7.89. The zero-order chi connectivity index (χ0) is 14.8. The van der Waals surface area contributed by atoms with E-state index in [4.69, 9.17) is 0 Å². The summed E-state index contributed by atoms with van der Waals surface area (Å²) in [4.78, 5) is 0.0682. The highest BCUT2D eigenvalue weighted by atomic mass is 32.2. The Balaban J connectivity index is 2.19. The van der Waals surface area contributed by atoms with Gasteiger partial charge in [0.2, 0.25) is 10.0 Å². The largest absolute Gasteiger partial charge is 0.396 e. The minimum atomic E-state index is -3.67. The Kier molecular flexibility index (Phi) is 4.78. The molecule has 1 saturated carbocycles. The quantitative estimate of drug-likeness (QED) is 0.893. The van der Waals surface area contributed by atoms with Crippen LogP contribution in [-0.2, 0) is 10.0 Å². The summed E-state index contributed by atoms with van der Waals surface area (Å²) < 4.78 is 40.5. The maximum Gasteiger partial charge on any atom is 0.240 e. The molecular weight excluding hydrogens is 281 g/mol. The first-order valence-electron chi connectivity index (χ1n) is 6.83. The summed E-state index contributed by atoms with van der Waals surface area (Å²) in [6, 6.07) is 3.51. The molecule has 2 N–H and O–H groups in total. The molecule has 2 unspecified atom stereocenters. The van der Waals surface area contributed by atoms with Crippen molar-refractivity contribution in [3.63, 3.8) is 0 Å². The molecule has 1 fully saturated rings. The molecule has 112 valence electrons. The number of hydrogen-bond donors (Lipinski definition) is 2. The van der Waals surface area contributed by atoms with Crippen molar-refractivity contribution in [3.05, 3.63) is 29.6 Å². The monoisotopic (exact) mass is 301 g/mol. The van der Waals surface area contributed by atoms with Crippen LogP contribution in [0, 0.1) is 18.7 Å². The zero-order valence-corrected chi connectivity index (χ0v) is 12.3. The molecule has 1 aliphatic rings. The van der Waals surface area contributed by atoms with Gasteiger partial charge in [0.15, 0.2) is 0 Å². The Morgan fingerprint density at radius 2 is 2.05 bits per heavy atom. The van der Waals surface area contributed by atoms with Crippen molar-refractivity contribution < 1.29 is 17.9 Å². The molecule has 0 spiro atoms. The average molecular weight is 301 g/mol. The fourth-order valence-corrected chi connectivity index (χ4v) is 4.06. The molecule has 0 aliphatic heterocycles. The SMILES string of the molecule is Cc1cc(S(=O)(=O)NC2CCCCC2CO)ccc1F. The van der Waals surface area contributed by atoms with Crippen LogP contribution in [-0.4, -0.2) is 26.2 Å². The summed E-state index contributed by atoms with van der Waals surface area (Å²) in [5.41, 5.74) is 0.301. The molecule has 0 saturated heterocycles. The second-order valence-corrected chi connectivity index (χ2v) is 7.08. The number of aliphatic hydroxyl groups excluding tert-OH is 1.